The molecule has 1 atom stereocenters. The Morgan fingerprint density at radius 2 is 1.50 bits per heavy atom. The standard InChI is InChI=1S/C9H25O4PSi2/c1-9(16(5,6)7,8-15(2,3)4)13-14(10,11)12/h8H2,1-7H3,(H2,10,11,12). The molecule has 0 aliphatic rings. The highest BCUT2D eigenvalue weighted by atomic mass is 31.2. The molecule has 7 heteroatoms. The molecule has 1 unspecified atom stereocenters. The van der Waals surface area contributed by atoms with Crippen molar-refractivity contribution in [1.29, 1.82) is 0 Å². The summed E-state index contributed by atoms with van der Waals surface area (Å²) >= 11 is 0. The highest BCUT2D eigenvalue weighted by Gasteiger charge is 2.47. The Bertz CT molecular complexity index is 289. The van der Waals surface area contributed by atoms with Gasteiger partial charge in [0.2, 0.25) is 0 Å². The van der Waals surface area contributed by atoms with Crippen LogP contribution in [0, 0.1) is 0 Å². The largest absolute Gasteiger partial charge is 0.469 e. The van der Waals surface area contributed by atoms with Crippen molar-refractivity contribution in [3.8, 4) is 0 Å². The third-order valence-electron chi connectivity index (χ3n) is 2.77. The molecule has 0 aromatic rings. The Morgan fingerprint density at radius 3 is 1.69 bits per heavy atom. The van der Waals surface area contributed by atoms with Crippen molar-refractivity contribution in [1.82, 2.24) is 0 Å². The Balaban J connectivity index is 5.15. The van der Waals surface area contributed by atoms with Gasteiger partial charge in [0.25, 0.3) is 0 Å². The van der Waals surface area contributed by atoms with Crippen LogP contribution in [-0.2, 0) is 9.09 Å². The lowest BCUT2D eigenvalue weighted by Gasteiger charge is -2.43. The molecule has 16 heavy (non-hydrogen) atoms. The summed E-state index contributed by atoms with van der Waals surface area (Å²) in [5, 5.41) is -0.656. The van der Waals surface area contributed by atoms with Crippen LogP contribution in [0.5, 0.6) is 0 Å². The molecule has 0 aliphatic carbocycles. The summed E-state index contributed by atoms with van der Waals surface area (Å²) in [6.45, 7) is 14.7. The van der Waals surface area contributed by atoms with Crippen LogP contribution in [0.15, 0.2) is 0 Å². The molecule has 0 aromatic carbocycles. The van der Waals surface area contributed by atoms with E-state index in [1.54, 1.807) is 0 Å². The van der Waals surface area contributed by atoms with E-state index in [0.29, 0.717) is 0 Å². The topological polar surface area (TPSA) is 66.8 Å². The lowest BCUT2D eigenvalue weighted by Crippen LogP contribution is -2.54. The van der Waals surface area contributed by atoms with Crippen LogP contribution in [0.2, 0.25) is 45.3 Å². The van der Waals surface area contributed by atoms with Crippen molar-refractivity contribution in [2.45, 2.75) is 57.5 Å². The van der Waals surface area contributed by atoms with Crippen LogP contribution in [-0.4, -0.2) is 31.2 Å². The van der Waals surface area contributed by atoms with Crippen LogP contribution >= 0.6 is 7.82 Å². The highest BCUT2D eigenvalue weighted by molar-refractivity contribution is 7.46. The average molecular weight is 284 g/mol. The molecule has 4 nitrogen and oxygen atoms in total. The summed E-state index contributed by atoms with van der Waals surface area (Å²) in [6, 6.07) is 0.779. The van der Waals surface area contributed by atoms with Gasteiger partial charge in [-0.25, -0.2) is 4.57 Å². The fourth-order valence-electron chi connectivity index (χ4n) is 1.71. The van der Waals surface area contributed by atoms with E-state index in [9.17, 15) is 4.57 Å². The van der Waals surface area contributed by atoms with Gasteiger partial charge >= 0.3 is 7.82 Å². The van der Waals surface area contributed by atoms with Gasteiger partial charge in [0.15, 0.2) is 0 Å². The Hall–Kier alpha value is 0.544. The van der Waals surface area contributed by atoms with Gasteiger partial charge < -0.3 is 9.79 Å². The molecule has 0 saturated heterocycles. The highest BCUT2D eigenvalue weighted by Crippen LogP contribution is 2.47. The maximum atomic E-state index is 11.1. The van der Waals surface area contributed by atoms with Crippen LogP contribution < -0.4 is 0 Å². The van der Waals surface area contributed by atoms with Gasteiger partial charge in [0, 0.05) is 8.07 Å². The van der Waals surface area contributed by atoms with E-state index in [0.717, 1.165) is 6.04 Å². The minimum atomic E-state index is -4.41. The fraction of sp³-hybridized carbons (Fsp3) is 1.00. The van der Waals surface area contributed by atoms with Crippen molar-refractivity contribution < 1.29 is 18.9 Å². The third-order valence-corrected chi connectivity index (χ3v) is 9.13. The van der Waals surface area contributed by atoms with Crippen molar-refractivity contribution in [2.24, 2.45) is 0 Å². The first-order valence-corrected chi connectivity index (χ1v) is 14.2. The van der Waals surface area contributed by atoms with E-state index in [1.807, 2.05) is 6.92 Å². The quantitative estimate of drug-likeness (QED) is 0.601. The van der Waals surface area contributed by atoms with Crippen molar-refractivity contribution in [2.75, 3.05) is 0 Å². The smallest absolute Gasteiger partial charge is 0.303 e. The molecule has 0 aliphatic heterocycles. The molecule has 2 N–H and O–H groups in total. The lowest BCUT2D eigenvalue weighted by atomic mass is 10.5. The second-order valence-corrected chi connectivity index (χ2v) is 19.0. The molecule has 98 valence electrons. The summed E-state index contributed by atoms with van der Waals surface area (Å²) in [5.74, 6) is 0. The van der Waals surface area contributed by atoms with Gasteiger partial charge in [-0.1, -0.05) is 39.3 Å². The number of hydrogen-bond acceptors (Lipinski definition) is 2. The molecular weight excluding hydrogens is 259 g/mol. The van der Waals surface area contributed by atoms with Crippen molar-refractivity contribution in [3.63, 3.8) is 0 Å². The van der Waals surface area contributed by atoms with E-state index < -0.39 is 29.2 Å². The van der Waals surface area contributed by atoms with Gasteiger partial charge in [-0.3, -0.25) is 4.52 Å². The van der Waals surface area contributed by atoms with Gasteiger partial charge in [-0.05, 0) is 13.0 Å². The molecule has 0 aromatic heterocycles. The summed E-state index contributed by atoms with van der Waals surface area (Å²) in [4.78, 5) is 18.1. The summed E-state index contributed by atoms with van der Waals surface area (Å²) in [5.41, 5.74) is 0. The molecule has 0 amide bonds. The minimum absolute atomic E-state index is 0.656. The Morgan fingerprint density at radius 1 is 1.12 bits per heavy atom. The Labute approximate surface area is 101 Å². The number of rotatable bonds is 5. The summed E-state index contributed by atoms with van der Waals surface area (Å²) < 4.78 is 16.2. The van der Waals surface area contributed by atoms with E-state index in [1.165, 1.54) is 0 Å². The predicted octanol–water partition coefficient (Wildman–Crippen LogP) is 3.07. The number of phosphoric acid groups is 1. The third kappa shape index (κ3) is 5.75. The van der Waals surface area contributed by atoms with E-state index in [2.05, 4.69) is 39.3 Å². The van der Waals surface area contributed by atoms with Crippen LogP contribution in [0.4, 0.5) is 0 Å². The normalized spacial score (nSPS) is 18.3. The molecule has 0 fully saturated rings. The second kappa shape index (κ2) is 4.67. The molecule has 0 saturated carbocycles. The van der Waals surface area contributed by atoms with Gasteiger partial charge in [0.1, 0.15) is 0 Å². The summed E-state index contributed by atoms with van der Waals surface area (Å²) in [7, 11) is -7.66. The maximum absolute atomic E-state index is 11.1. The van der Waals surface area contributed by atoms with Crippen molar-refractivity contribution in [3.05, 3.63) is 0 Å². The lowest BCUT2D eigenvalue weighted by molar-refractivity contribution is 0.118. The molecular formula is C9H25O4PSi2. The minimum Gasteiger partial charge on any atom is -0.303 e. The number of phosphoric ester groups is 1. The molecule has 0 heterocycles. The molecule has 0 bridgehead atoms. The van der Waals surface area contributed by atoms with Crippen LogP contribution in [0.25, 0.3) is 0 Å². The Kier molecular flexibility index (Phi) is 4.83. The van der Waals surface area contributed by atoms with Crippen LogP contribution in [0.1, 0.15) is 6.92 Å². The van der Waals surface area contributed by atoms with E-state index in [-0.39, 0.29) is 0 Å². The SMILES string of the molecule is CC(C[Si](C)(C)C)(OP(=O)(O)O)[Si](C)(C)C. The molecule has 0 spiro atoms. The van der Waals surface area contributed by atoms with Gasteiger partial charge in [0.05, 0.1) is 13.3 Å². The zero-order chi connectivity index (χ0) is 13.4. The molecule has 0 radical (unpaired) electrons. The van der Waals surface area contributed by atoms with Crippen LogP contribution in [0.3, 0.4) is 0 Å². The average Bonchev–Trinajstić information content (AvgIpc) is 1.72. The first kappa shape index (κ1) is 16.5. The number of hydrogen-bond donors (Lipinski definition) is 2. The van der Waals surface area contributed by atoms with E-state index >= 15 is 0 Å². The summed E-state index contributed by atoms with van der Waals surface area (Å²) in [6.07, 6.45) is 0. The second-order valence-electron chi connectivity index (χ2n) is 6.80. The fourth-order valence-corrected chi connectivity index (χ4v) is 9.68. The predicted molar refractivity (Wildman–Crippen MR) is 73.0 cm³/mol. The van der Waals surface area contributed by atoms with Crippen molar-refractivity contribution >= 4 is 24.0 Å². The molecule has 0 rings (SSSR count). The monoisotopic (exact) mass is 284 g/mol. The first-order chi connectivity index (χ1) is 6.66. The maximum Gasteiger partial charge on any atom is 0.469 e. The van der Waals surface area contributed by atoms with Gasteiger partial charge in [-0.15, -0.1) is 0 Å². The zero-order valence-corrected chi connectivity index (χ0v) is 14.3. The van der Waals surface area contributed by atoms with E-state index in [4.69, 9.17) is 14.3 Å². The first-order valence-electron chi connectivity index (χ1n) is 5.43. The zero-order valence-electron chi connectivity index (χ0n) is 11.4. The van der Waals surface area contributed by atoms with Gasteiger partial charge in [-0.2, -0.15) is 0 Å².